The fourth-order valence-corrected chi connectivity index (χ4v) is 2.81. The Labute approximate surface area is 132 Å². The molecule has 1 aromatic carbocycles. The molecule has 1 N–H and O–H groups in total. The number of nitrogens with one attached hydrogen (secondary N) is 1. The number of benzene rings is 1. The number of aliphatic imine (C=N–C) groups is 1. The van der Waals surface area contributed by atoms with E-state index in [1.54, 1.807) is 6.07 Å². The molecule has 0 radical (unpaired) electrons. The van der Waals surface area contributed by atoms with Crippen LogP contribution in [0, 0.1) is 11.7 Å². The Balaban J connectivity index is 1.59. The Morgan fingerprint density at radius 3 is 2.59 bits per heavy atom. The fraction of sp³-hybridized carbons (Fsp3) is 0.588. The van der Waals surface area contributed by atoms with E-state index in [9.17, 15) is 4.39 Å². The van der Waals surface area contributed by atoms with Gasteiger partial charge in [0.05, 0.1) is 5.69 Å². The predicted octanol–water partition coefficient (Wildman–Crippen LogP) is 2.32. The fourth-order valence-electron chi connectivity index (χ4n) is 2.81. The van der Waals surface area contributed by atoms with Crippen LogP contribution < -0.4 is 10.2 Å². The number of hydrogen-bond acceptors (Lipinski definition) is 2. The highest BCUT2D eigenvalue weighted by atomic mass is 19.1. The number of nitrogens with zero attached hydrogens (tertiary/aromatic N) is 3. The van der Waals surface area contributed by atoms with Crippen LogP contribution in [0.1, 0.15) is 19.8 Å². The third-order valence-electron chi connectivity index (χ3n) is 4.30. The second-order valence-corrected chi connectivity index (χ2v) is 6.06. The summed E-state index contributed by atoms with van der Waals surface area (Å²) >= 11 is 0. The Morgan fingerprint density at radius 2 is 1.95 bits per heavy atom. The smallest absolute Gasteiger partial charge is 0.194 e. The average molecular weight is 304 g/mol. The summed E-state index contributed by atoms with van der Waals surface area (Å²) in [6.45, 7) is 7.34. The molecule has 1 aromatic rings. The van der Waals surface area contributed by atoms with Crippen LogP contribution in [-0.4, -0.2) is 50.1 Å². The van der Waals surface area contributed by atoms with Crippen molar-refractivity contribution < 1.29 is 4.39 Å². The van der Waals surface area contributed by atoms with E-state index < -0.39 is 0 Å². The van der Waals surface area contributed by atoms with Crippen LogP contribution in [-0.2, 0) is 0 Å². The lowest BCUT2D eigenvalue weighted by Gasteiger charge is -2.37. The SMILES string of the molecule is CCNC(=NCC1CC1)N1CCN(c2ccccc2F)CC1. The summed E-state index contributed by atoms with van der Waals surface area (Å²) in [6.07, 6.45) is 2.65. The average Bonchev–Trinajstić information content (AvgIpc) is 3.37. The van der Waals surface area contributed by atoms with Crippen LogP contribution in [0.5, 0.6) is 0 Å². The van der Waals surface area contributed by atoms with E-state index in [1.165, 1.54) is 18.9 Å². The molecular formula is C17H25FN4. The molecule has 1 saturated heterocycles. The normalized spacial score (nSPS) is 19.5. The van der Waals surface area contributed by atoms with Gasteiger partial charge in [0.15, 0.2) is 5.96 Å². The maximum absolute atomic E-state index is 13.9. The Hall–Kier alpha value is -1.78. The van der Waals surface area contributed by atoms with Crippen LogP contribution >= 0.6 is 0 Å². The second-order valence-electron chi connectivity index (χ2n) is 6.06. The molecule has 0 aromatic heterocycles. The topological polar surface area (TPSA) is 30.9 Å². The van der Waals surface area contributed by atoms with Gasteiger partial charge in [-0.25, -0.2) is 4.39 Å². The van der Waals surface area contributed by atoms with E-state index in [1.807, 2.05) is 12.1 Å². The van der Waals surface area contributed by atoms with Crippen LogP contribution in [0.2, 0.25) is 0 Å². The minimum Gasteiger partial charge on any atom is -0.366 e. The molecule has 2 aliphatic rings. The second kappa shape index (κ2) is 6.99. The summed E-state index contributed by atoms with van der Waals surface area (Å²) in [5, 5.41) is 3.38. The molecule has 1 aliphatic heterocycles. The molecule has 2 fully saturated rings. The largest absolute Gasteiger partial charge is 0.366 e. The lowest BCUT2D eigenvalue weighted by atomic mass is 10.2. The molecule has 3 rings (SSSR count). The molecule has 0 unspecified atom stereocenters. The van der Waals surface area contributed by atoms with E-state index >= 15 is 0 Å². The summed E-state index contributed by atoms with van der Waals surface area (Å²) in [5.74, 6) is 1.68. The first kappa shape index (κ1) is 15.1. The molecule has 120 valence electrons. The first-order valence-electron chi connectivity index (χ1n) is 8.30. The van der Waals surface area contributed by atoms with Crippen molar-refractivity contribution in [1.29, 1.82) is 0 Å². The minimum absolute atomic E-state index is 0.134. The molecular weight excluding hydrogens is 279 g/mol. The van der Waals surface area contributed by atoms with Crippen molar-refractivity contribution in [2.75, 3.05) is 44.2 Å². The first-order chi connectivity index (χ1) is 10.8. The van der Waals surface area contributed by atoms with Crippen LogP contribution in [0.15, 0.2) is 29.3 Å². The van der Waals surface area contributed by atoms with Gasteiger partial charge in [-0.05, 0) is 37.8 Å². The van der Waals surface area contributed by atoms with Gasteiger partial charge in [0, 0.05) is 39.3 Å². The minimum atomic E-state index is -0.134. The Morgan fingerprint density at radius 1 is 1.23 bits per heavy atom. The molecule has 4 nitrogen and oxygen atoms in total. The van der Waals surface area contributed by atoms with E-state index in [-0.39, 0.29) is 5.82 Å². The lowest BCUT2D eigenvalue weighted by molar-refractivity contribution is 0.370. The van der Waals surface area contributed by atoms with Crippen molar-refractivity contribution in [2.24, 2.45) is 10.9 Å². The maximum Gasteiger partial charge on any atom is 0.194 e. The van der Waals surface area contributed by atoms with Gasteiger partial charge in [-0.1, -0.05) is 12.1 Å². The van der Waals surface area contributed by atoms with E-state index in [2.05, 4.69) is 22.0 Å². The number of rotatable bonds is 4. The van der Waals surface area contributed by atoms with E-state index in [0.717, 1.165) is 51.1 Å². The molecule has 1 saturated carbocycles. The van der Waals surface area contributed by atoms with Crippen molar-refractivity contribution in [3.63, 3.8) is 0 Å². The van der Waals surface area contributed by atoms with Gasteiger partial charge in [0.2, 0.25) is 0 Å². The third-order valence-corrected chi connectivity index (χ3v) is 4.30. The molecule has 22 heavy (non-hydrogen) atoms. The van der Waals surface area contributed by atoms with Gasteiger partial charge < -0.3 is 15.1 Å². The number of piperazine rings is 1. The quantitative estimate of drug-likeness (QED) is 0.684. The molecule has 0 amide bonds. The zero-order chi connectivity index (χ0) is 15.4. The van der Waals surface area contributed by atoms with Gasteiger partial charge in [-0.3, -0.25) is 4.99 Å². The van der Waals surface area contributed by atoms with Crippen molar-refractivity contribution in [3.05, 3.63) is 30.1 Å². The zero-order valence-corrected chi connectivity index (χ0v) is 13.3. The summed E-state index contributed by atoms with van der Waals surface area (Å²) in [4.78, 5) is 9.17. The van der Waals surface area contributed by atoms with Gasteiger partial charge in [-0.15, -0.1) is 0 Å². The summed E-state index contributed by atoms with van der Waals surface area (Å²) in [6, 6.07) is 7.02. The Kier molecular flexibility index (Phi) is 4.80. The number of para-hydroxylation sites is 1. The lowest BCUT2D eigenvalue weighted by Crippen LogP contribution is -2.52. The van der Waals surface area contributed by atoms with Crippen molar-refractivity contribution >= 4 is 11.6 Å². The number of guanidine groups is 1. The van der Waals surface area contributed by atoms with E-state index in [0.29, 0.717) is 5.69 Å². The summed E-state index contributed by atoms with van der Waals surface area (Å²) in [7, 11) is 0. The standard InChI is InChI=1S/C17H25FN4/c1-2-19-17(20-13-14-7-8-14)22-11-9-21(10-12-22)16-6-4-3-5-15(16)18/h3-6,14H,2,7-13H2,1H3,(H,19,20). The monoisotopic (exact) mass is 304 g/mol. The molecule has 1 aliphatic carbocycles. The first-order valence-corrected chi connectivity index (χ1v) is 8.30. The molecule has 0 bridgehead atoms. The number of anilines is 1. The molecule has 0 atom stereocenters. The third kappa shape index (κ3) is 3.70. The van der Waals surface area contributed by atoms with E-state index in [4.69, 9.17) is 4.99 Å². The highest BCUT2D eigenvalue weighted by Crippen LogP contribution is 2.29. The predicted molar refractivity (Wildman–Crippen MR) is 88.9 cm³/mol. The van der Waals surface area contributed by atoms with Crippen LogP contribution in [0.3, 0.4) is 0 Å². The molecule has 5 heteroatoms. The summed E-state index contributed by atoms with van der Waals surface area (Å²) < 4.78 is 13.9. The Bertz CT molecular complexity index is 519. The molecule has 1 heterocycles. The van der Waals surface area contributed by atoms with Gasteiger partial charge >= 0.3 is 0 Å². The van der Waals surface area contributed by atoms with Crippen molar-refractivity contribution in [3.8, 4) is 0 Å². The highest BCUT2D eigenvalue weighted by Gasteiger charge is 2.24. The highest BCUT2D eigenvalue weighted by molar-refractivity contribution is 5.80. The molecule has 0 spiro atoms. The van der Waals surface area contributed by atoms with Crippen LogP contribution in [0.4, 0.5) is 10.1 Å². The maximum atomic E-state index is 13.9. The summed E-state index contributed by atoms with van der Waals surface area (Å²) in [5.41, 5.74) is 0.710. The number of halogens is 1. The number of hydrogen-bond donors (Lipinski definition) is 1. The van der Waals surface area contributed by atoms with Gasteiger partial charge in [0.25, 0.3) is 0 Å². The van der Waals surface area contributed by atoms with Crippen molar-refractivity contribution in [2.45, 2.75) is 19.8 Å². The zero-order valence-electron chi connectivity index (χ0n) is 13.3. The van der Waals surface area contributed by atoms with Gasteiger partial charge in [-0.2, -0.15) is 0 Å². The van der Waals surface area contributed by atoms with Crippen LogP contribution in [0.25, 0.3) is 0 Å². The van der Waals surface area contributed by atoms with Crippen molar-refractivity contribution in [1.82, 2.24) is 10.2 Å². The van der Waals surface area contributed by atoms with Gasteiger partial charge in [0.1, 0.15) is 5.82 Å².